The molecule has 1 rings (SSSR count). The predicted molar refractivity (Wildman–Crippen MR) is 55.3 cm³/mol. The molecule has 2 N–H and O–H groups in total. The number of rotatable bonds is 7. The lowest BCUT2D eigenvalue weighted by Crippen LogP contribution is -2.29. The fourth-order valence-corrected chi connectivity index (χ4v) is 1.15. The largest absolute Gasteiger partial charge is 0.469 e. The molecule has 0 heterocycles. The minimum absolute atomic E-state index is 0.0862. The Kier molecular flexibility index (Phi) is 5.10. The van der Waals surface area contributed by atoms with E-state index in [1.807, 2.05) is 0 Å². The number of hydrogen-bond donors (Lipinski definition) is 2. The fraction of sp³-hybridized carbons (Fsp3) is 0.800. The molecular weight excluding hydrogens is 196 g/mol. The molecule has 15 heavy (non-hydrogen) atoms. The molecule has 0 saturated heterocycles. The van der Waals surface area contributed by atoms with E-state index in [2.05, 4.69) is 15.4 Å². The first-order valence-electron chi connectivity index (χ1n) is 5.29. The Balaban J connectivity index is 1.87. The van der Waals surface area contributed by atoms with Crippen molar-refractivity contribution in [2.75, 3.05) is 20.2 Å². The zero-order valence-corrected chi connectivity index (χ0v) is 9.04. The number of nitrogens with one attached hydrogen (secondary N) is 2. The maximum atomic E-state index is 11.2. The van der Waals surface area contributed by atoms with Crippen LogP contribution in [0.5, 0.6) is 0 Å². The van der Waals surface area contributed by atoms with Crippen molar-refractivity contribution in [2.24, 2.45) is 0 Å². The van der Waals surface area contributed by atoms with Crippen LogP contribution in [-0.2, 0) is 14.3 Å². The van der Waals surface area contributed by atoms with Gasteiger partial charge in [0, 0.05) is 25.6 Å². The minimum Gasteiger partial charge on any atom is -0.469 e. The number of carbonyl (C=O) groups is 2. The van der Waals surface area contributed by atoms with E-state index < -0.39 is 0 Å². The maximum absolute atomic E-state index is 11.2. The van der Waals surface area contributed by atoms with Crippen LogP contribution >= 0.6 is 0 Å². The molecule has 1 amide bonds. The van der Waals surface area contributed by atoms with Crippen LogP contribution in [0.15, 0.2) is 0 Å². The first-order chi connectivity index (χ1) is 7.22. The Hall–Kier alpha value is -1.10. The summed E-state index contributed by atoms with van der Waals surface area (Å²) in [6, 6.07) is 0.424. The van der Waals surface area contributed by atoms with E-state index in [0.29, 0.717) is 32.0 Å². The topological polar surface area (TPSA) is 67.4 Å². The highest BCUT2D eigenvalue weighted by molar-refractivity contribution is 5.76. The minimum atomic E-state index is -0.232. The first-order valence-corrected chi connectivity index (χ1v) is 5.29. The van der Waals surface area contributed by atoms with Gasteiger partial charge in [-0.3, -0.25) is 9.59 Å². The van der Waals surface area contributed by atoms with Crippen molar-refractivity contribution in [2.45, 2.75) is 31.7 Å². The van der Waals surface area contributed by atoms with Gasteiger partial charge in [0.2, 0.25) is 5.91 Å². The fourth-order valence-electron chi connectivity index (χ4n) is 1.15. The van der Waals surface area contributed by atoms with Gasteiger partial charge in [0.1, 0.15) is 0 Å². The third-order valence-electron chi connectivity index (χ3n) is 2.20. The molecule has 86 valence electrons. The summed E-state index contributed by atoms with van der Waals surface area (Å²) < 4.78 is 4.48. The summed E-state index contributed by atoms with van der Waals surface area (Å²) in [4.78, 5) is 21.9. The maximum Gasteiger partial charge on any atom is 0.306 e. The van der Waals surface area contributed by atoms with Crippen molar-refractivity contribution < 1.29 is 14.3 Å². The molecule has 5 nitrogen and oxygen atoms in total. The zero-order chi connectivity index (χ0) is 11.1. The van der Waals surface area contributed by atoms with Crippen LogP contribution in [0.4, 0.5) is 0 Å². The lowest BCUT2D eigenvalue weighted by atomic mass is 10.3. The lowest BCUT2D eigenvalue weighted by molar-refractivity contribution is -0.140. The summed E-state index contributed by atoms with van der Waals surface area (Å²) >= 11 is 0. The first kappa shape index (κ1) is 12.0. The highest BCUT2D eigenvalue weighted by Crippen LogP contribution is 2.18. The van der Waals surface area contributed by atoms with E-state index in [1.165, 1.54) is 7.11 Å². The van der Waals surface area contributed by atoms with Gasteiger partial charge in [0.15, 0.2) is 0 Å². The number of methoxy groups -OCH3 is 1. The number of esters is 1. The molecule has 0 spiro atoms. The average molecular weight is 214 g/mol. The van der Waals surface area contributed by atoms with E-state index >= 15 is 0 Å². The second-order valence-electron chi connectivity index (χ2n) is 3.67. The quantitative estimate of drug-likeness (QED) is 0.455. The van der Waals surface area contributed by atoms with E-state index in [1.54, 1.807) is 0 Å². The molecule has 0 aromatic rings. The Bertz CT molecular complexity index is 227. The molecule has 5 heteroatoms. The van der Waals surface area contributed by atoms with Gasteiger partial charge >= 0.3 is 5.97 Å². The summed E-state index contributed by atoms with van der Waals surface area (Å²) in [6.45, 7) is 1.17. The second-order valence-corrected chi connectivity index (χ2v) is 3.67. The SMILES string of the molecule is COC(=O)CCNCCC(=O)NC1CC1. The molecule has 1 aliphatic carbocycles. The van der Waals surface area contributed by atoms with E-state index in [9.17, 15) is 9.59 Å². The lowest BCUT2D eigenvalue weighted by Gasteiger charge is -2.04. The van der Waals surface area contributed by atoms with Gasteiger partial charge in [-0.15, -0.1) is 0 Å². The molecule has 1 saturated carbocycles. The van der Waals surface area contributed by atoms with E-state index in [4.69, 9.17) is 0 Å². The molecule has 1 fully saturated rings. The van der Waals surface area contributed by atoms with Crippen LogP contribution in [0.25, 0.3) is 0 Å². The molecular formula is C10H18N2O3. The third kappa shape index (κ3) is 6.06. The summed E-state index contributed by atoms with van der Waals surface area (Å²) in [6.07, 6.45) is 3.04. The predicted octanol–water partition coefficient (Wildman–Crippen LogP) is -0.192. The number of ether oxygens (including phenoxy) is 1. The Morgan fingerprint density at radius 1 is 1.27 bits per heavy atom. The molecule has 1 aliphatic rings. The Morgan fingerprint density at radius 3 is 2.53 bits per heavy atom. The number of carbonyl (C=O) groups excluding carboxylic acids is 2. The Morgan fingerprint density at radius 2 is 1.93 bits per heavy atom. The van der Waals surface area contributed by atoms with Gasteiger partial charge in [-0.25, -0.2) is 0 Å². The molecule has 0 aliphatic heterocycles. The van der Waals surface area contributed by atoms with Crippen LogP contribution in [0.1, 0.15) is 25.7 Å². The van der Waals surface area contributed by atoms with Gasteiger partial charge in [0.05, 0.1) is 13.5 Å². The van der Waals surface area contributed by atoms with Gasteiger partial charge < -0.3 is 15.4 Å². The van der Waals surface area contributed by atoms with Crippen LogP contribution in [0.3, 0.4) is 0 Å². The smallest absolute Gasteiger partial charge is 0.306 e. The molecule has 0 unspecified atom stereocenters. The molecule has 0 atom stereocenters. The van der Waals surface area contributed by atoms with Crippen LogP contribution in [0, 0.1) is 0 Å². The molecule has 0 aromatic heterocycles. The third-order valence-corrected chi connectivity index (χ3v) is 2.20. The van der Waals surface area contributed by atoms with Crippen molar-refractivity contribution in [3.63, 3.8) is 0 Å². The summed E-state index contributed by atoms with van der Waals surface area (Å²) in [7, 11) is 1.37. The molecule has 0 bridgehead atoms. The van der Waals surface area contributed by atoms with E-state index in [0.717, 1.165) is 12.8 Å². The van der Waals surface area contributed by atoms with Crippen molar-refractivity contribution in [3.05, 3.63) is 0 Å². The van der Waals surface area contributed by atoms with Crippen molar-refractivity contribution in [1.82, 2.24) is 10.6 Å². The molecule has 0 aromatic carbocycles. The highest BCUT2D eigenvalue weighted by Gasteiger charge is 2.22. The molecule has 0 radical (unpaired) electrons. The van der Waals surface area contributed by atoms with Crippen molar-refractivity contribution in [1.29, 1.82) is 0 Å². The van der Waals surface area contributed by atoms with Gasteiger partial charge in [-0.05, 0) is 12.8 Å². The zero-order valence-electron chi connectivity index (χ0n) is 9.04. The van der Waals surface area contributed by atoms with Crippen LogP contribution in [-0.4, -0.2) is 38.1 Å². The highest BCUT2D eigenvalue weighted by atomic mass is 16.5. The van der Waals surface area contributed by atoms with Gasteiger partial charge in [0.25, 0.3) is 0 Å². The van der Waals surface area contributed by atoms with Crippen LogP contribution < -0.4 is 10.6 Å². The second kappa shape index (κ2) is 6.40. The number of amides is 1. The average Bonchev–Trinajstić information content (AvgIpc) is 3.00. The monoisotopic (exact) mass is 214 g/mol. The normalized spacial score (nSPS) is 14.7. The van der Waals surface area contributed by atoms with Crippen molar-refractivity contribution in [3.8, 4) is 0 Å². The van der Waals surface area contributed by atoms with E-state index in [-0.39, 0.29) is 11.9 Å². The number of hydrogen-bond acceptors (Lipinski definition) is 4. The Labute approximate surface area is 89.6 Å². The van der Waals surface area contributed by atoms with Crippen molar-refractivity contribution >= 4 is 11.9 Å². The van der Waals surface area contributed by atoms with Crippen LogP contribution in [0.2, 0.25) is 0 Å². The van der Waals surface area contributed by atoms with Gasteiger partial charge in [-0.2, -0.15) is 0 Å². The standard InChI is InChI=1S/C10H18N2O3/c1-15-10(14)5-7-11-6-4-9(13)12-8-2-3-8/h8,11H,2-7H2,1H3,(H,12,13). The summed E-state index contributed by atoms with van der Waals surface area (Å²) in [5, 5.41) is 5.91. The summed E-state index contributed by atoms with van der Waals surface area (Å²) in [5.41, 5.74) is 0. The summed E-state index contributed by atoms with van der Waals surface area (Å²) in [5.74, 6) is -0.145. The van der Waals surface area contributed by atoms with Gasteiger partial charge in [-0.1, -0.05) is 0 Å².